The van der Waals surface area contributed by atoms with Gasteiger partial charge in [0.2, 0.25) is 0 Å². The highest BCUT2D eigenvalue weighted by Gasteiger charge is 2.31. The molecule has 5 nitrogen and oxygen atoms in total. The molecule has 11 heteroatoms. The van der Waals surface area contributed by atoms with Gasteiger partial charge in [-0.3, -0.25) is 4.79 Å². The van der Waals surface area contributed by atoms with Gasteiger partial charge in [-0.25, -0.2) is 0 Å². The van der Waals surface area contributed by atoms with E-state index in [0.29, 0.717) is 13.1 Å². The minimum atomic E-state index is -4.71. The number of hydrogen-bond acceptors (Lipinski definition) is 4. The van der Waals surface area contributed by atoms with Crippen LogP contribution in [-0.2, 0) is 0 Å². The van der Waals surface area contributed by atoms with E-state index in [1.54, 1.807) is 0 Å². The average molecular weight is 416 g/mol. The Hall–Kier alpha value is -2.17. The molecule has 1 aromatic rings. The monoisotopic (exact) mass is 416 g/mol. The number of amides is 1. The van der Waals surface area contributed by atoms with Gasteiger partial charge in [0.1, 0.15) is 0 Å². The molecule has 0 atom stereocenters. The Morgan fingerprint density at radius 2 is 1.50 bits per heavy atom. The van der Waals surface area contributed by atoms with Crippen LogP contribution in [0.2, 0.25) is 0 Å². The van der Waals surface area contributed by atoms with Crippen LogP contribution in [0.1, 0.15) is 24.2 Å². The average Bonchev–Trinajstić information content (AvgIpc) is 2.60. The SMILES string of the molecule is CCN(CC)CCNC(=O)c1ccc(OCC(F)(F)F)c(OCC(F)(F)F)c1. The lowest BCUT2D eigenvalue weighted by Gasteiger charge is -2.18. The Bertz CT molecular complexity index is 630. The zero-order chi connectivity index (χ0) is 21.4. The van der Waals surface area contributed by atoms with Crippen molar-refractivity contribution in [1.82, 2.24) is 10.2 Å². The molecule has 0 saturated heterocycles. The van der Waals surface area contributed by atoms with Crippen molar-refractivity contribution in [2.45, 2.75) is 26.2 Å². The fourth-order valence-corrected chi connectivity index (χ4v) is 2.17. The van der Waals surface area contributed by atoms with Crippen LogP contribution in [0.4, 0.5) is 26.3 Å². The molecular weight excluding hydrogens is 394 g/mol. The minimum absolute atomic E-state index is 0.0592. The van der Waals surface area contributed by atoms with Crippen molar-refractivity contribution in [3.05, 3.63) is 23.8 Å². The summed E-state index contributed by atoms with van der Waals surface area (Å²) in [7, 11) is 0. The summed E-state index contributed by atoms with van der Waals surface area (Å²) in [5.74, 6) is -1.73. The number of ether oxygens (including phenoxy) is 2. The van der Waals surface area contributed by atoms with Crippen LogP contribution in [-0.4, -0.2) is 62.6 Å². The molecule has 160 valence electrons. The largest absolute Gasteiger partial charge is 0.480 e. The van der Waals surface area contributed by atoms with Gasteiger partial charge in [0.05, 0.1) is 0 Å². The maximum Gasteiger partial charge on any atom is 0.422 e. The van der Waals surface area contributed by atoms with Crippen molar-refractivity contribution in [3.8, 4) is 11.5 Å². The fourth-order valence-electron chi connectivity index (χ4n) is 2.17. The maximum absolute atomic E-state index is 12.4. The number of nitrogens with one attached hydrogen (secondary N) is 1. The first-order valence-electron chi connectivity index (χ1n) is 8.49. The molecule has 28 heavy (non-hydrogen) atoms. The first kappa shape index (κ1) is 23.9. The van der Waals surface area contributed by atoms with Gasteiger partial charge in [-0.05, 0) is 31.3 Å². The molecule has 1 rings (SSSR count). The smallest absolute Gasteiger partial charge is 0.422 e. The van der Waals surface area contributed by atoms with E-state index in [2.05, 4.69) is 14.8 Å². The van der Waals surface area contributed by atoms with Crippen LogP contribution < -0.4 is 14.8 Å². The molecule has 0 saturated carbocycles. The maximum atomic E-state index is 12.4. The Balaban J connectivity index is 2.87. The zero-order valence-corrected chi connectivity index (χ0v) is 15.4. The van der Waals surface area contributed by atoms with Crippen LogP contribution in [0.25, 0.3) is 0 Å². The van der Waals surface area contributed by atoms with Gasteiger partial charge >= 0.3 is 12.4 Å². The molecule has 0 aliphatic heterocycles. The number of nitrogens with zero attached hydrogens (tertiary/aromatic N) is 1. The molecule has 0 spiro atoms. The van der Waals surface area contributed by atoms with E-state index < -0.39 is 43.0 Å². The quantitative estimate of drug-likeness (QED) is 0.592. The molecule has 0 radical (unpaired) electrons. The van der Waals surface area contributed by atoms with Crippen LogP contribution in [0.5, 0.6) is 11.5 Å². The van der Waals surface area contributed by atoms with E-state index in [4.69, 9.17) is 0 Å². The van der Waals surface area contributed by atoms with Gasteiger partial charge < -0.3 is 19.7 Å². The zero-order valence-electron chi connectivity index (χ0n) is 15.4. The predicted octanol–water partition coefficient (Wildman–Crippen LogP) is 3.64. The molecule has 0 aliphatic rings. The van der Waals surface area contributed by atoms with Crippen molar-refractivity contribution in [2.24, 2.45) is 0 Å². The summed E-state index contributed by atoms with van der Waals surface area (Å²) in [6, 6.07) is 3.04. The van der Waals surface area contributed by atoms with Crippen molar-refractivity contribution >= 4 is 5.91 Å². The van der Waals surface area contributed by atoms with Gasteiger partial charge in [-0.15, -0.1) is 0 Å². The van der Waals surface area contributed by atoms with Crippen LogP contribution in [0.15, 0.2) is 18.2 Å². The van der Waals surface area contributed by atoms with E-state index in [0.717, 1.165) is 31.3 Å². The van der Waals surface area contributed by atoms with Gasteiger partial charge in [0, 0.05) is 18.7 Å². The molecular formula is C17H22F6N2O3. The number of halogens is 6. The normalized spacial score (nSPS) is 12.2. The summed E-state index contributed by atoms with van der Waals surface area (Å²) in [5, 5.41) is 2.59. The fraction of sp³-hybridized carbons (Fsp3) is 0.588. The van der Waals surface area contributed by atoms with Gasteiger partial charge in [0.25, 0.3) is 5.91 Å². The van der Waals surface area contributed by atoms with Crippen LogP contribution in [0, 0.1) is 0 Å². The van der Waals surface area contributed by atoms with Crippen LogP contribution >= 0.6 is 0 Å². The number of carbonyl (C=O) groups excluding carboxylic acids is 1. The van der Waals surface area contributed by atoms with Crippen molar-refractivity contribution in [2.75, 3.05) is 39.4 Å². The number of hydrogen-bond donors (Lipinski definition) is 1. The Morgan fingerprint density at radius 1 is 0.964 bits per heavy atom. The second kappa shape index (κ2) is 10.4. The summed E-state index contributed by atoms with van der Waals surface area (Å²) in [5.41, 5.74) is -0.0592. The summed E-state index contributed by atoms with van der Waals surface area (Å²) in [6.07, 6.45) is -9.38. The Kier molecular flexibility index (Phi) is 8.86. The third-order valence-electron chi connectivity index (χ3n) is 3.60. The van der Waals surface area contributed by atoms with Gasteiger partial charge in [-0.1, -0.05) is 13.8 Å². The number of carbonyl (C=O) groups is 1. The molecule has 0 aromatic heterocycles. The first-order chi connectivity index (χ1) is 12.9. The lowest BCUT2D eigenvalue weighted by molar-refractivity contribution is -0.158. The second-order valence-corrected chi connectivity index (χ2v) is 5.75. The Labute approximate surface area is 158 Å². The van der Waals surface area contributed by atoms with E-state index in [-0.39, 0.29) is 5.56 Å². The molecule has 1 N–H and O–H groups in total. The topological polar surface area (TPSA) is 50.8 Å². The predicted molar refractivity (Wildman–Crippen MR) is 89.7 cm³/mol. The van der Waals surface area contributed by atoms with E-state index in [9.17, 15) is 31.1 Å². The van der Waals surface area contributed by atoms with E-state index >= 15 is 0 Å². The number of alkyl halides is 6. The molecule has 1 amide bonds. The minimum Gasteiger partial charge on any atom is -0.480 e. The highest BCUT2D eigenvalue weighted by Crippen LogP contribution is 2.31. The number of likely N-dealkylation sites (N-methyl/N-ethyl adjacent to an activating group) is 1. The molecule has 0 unspecified atom stereocenters. The molecule has 0 aliphatic carbocycles. The molecule has 0 fully saturated rings. The summed E-state index contributed by atoms with van der Waals surface area (Å²) in [4.78, 5) is 14.2. The first-order valence-corrected chi connectivity index (χ1v) is 8.49. The summed E-state index contributed by atoms with van der Waals surface area (Å²) in [6.45, 7) is 2.91. The Morgan fingerprint density at radius 3 is 2.00 bits per heavy atom. The third-order valence-corrected chi connectivity index (χ3v) is 3.60. The van der Waals surface area contributed by atoms with Crippen LogP contribution in [0.3, 0.4) is 0 Å². The van der Waals surface area contributed by atoms with E-state index in [1.807, 2.05) is 18.7 Å². The van der Waals surface area contributed by atoms with Crippen molar-refractivity contribution in [1.29, 1.82) is 0 Å². The standard InChI is InChI=1S/C17H22F6N2O3/c1-3-25(4-2)8-7-24-15(26)12-5-6-13(27-10-16(18,19)20)14(9-12)28-11-17(21,22)23/h5-6,9H,3-4,7-8,10-11H2,1-2H3,(H,24,26). The van der Waals surface area contributed by atoms with Crippen molar-refractivity contribution < 1.29 is 40.6 Å². The molecule has 0 heterocycles. The highest BCUT2D eigenvalue weighted by molar-refractivity contribution is 5.94. The van der Waals surface area contributed by atoms with Gasteiger partial charge in [-0.2, -0.15) is 26.3 Å². The lowest BCUT2D eigenvalue weighted by Crippen LogP contribution is -2.34. The highest BCUT2D eigenvalue weighted by atomic mass is 19.4. The number of benzene rings is 1. The second-order valence-electron chi connectivity index (χ2n) is 5.75. The number of rotatable bonds is 10. The molecule has 0 bridgehead atoms. The van der Waals surface area contributed by atoms with Gasteiger partial charge in [0.15, 0.2) is 24.7 Å². The van der Waals surface area contributed by atoms with E-state index in [1.165, 1.54) is 0 Å². The summed E-state index contributed by atoms with van der Waals surface area (Å²) >= 11 is 0. The molecule has 1 aromatic carbocycles. The third kappa shape index (κ3) is 9.16. The lowest BCUT2D eigenvalue weighted by atomic mass is 10.2. The summed E-state index contributed by atoms with van der Waals surface area (Å²) < 4.78 is 83.1. The van der Waals surface area contributed by atoms with Crippen molar-refractivity contribution in [3.63, 3.8) is 0 Å².